The number of unbranched alkanes of at least 4 members (excludes halogenated alkanes) is 14. The predicted molar refractivity (Wildman–Crippen MR) is 108 cm³/mol. The van der Waals surface area contributed by atoms with Gasteiger partial charge in [0.15, 0.2) is 3.95 Å². The minimum atomic E-state index is 0.918. The standard InChI is InChI=1S/C20H37NS2/c1-2-3-4-5-6-7-8-9-10-11-12-13-14-15-16-17-19-18-23-20(22)21-19/h18H,2-17H2,1H3,(H,21,22). The third kappa shape index (κ3) is 12.9. The van der Waals surface area contributed by atoms with Crippen LogP contribution in [0.1, 0.15) is 109 Å². The Balaban J connectivity index is 1.72. The number of aryl methyl sites for hydroxylation is 1. The summed E-state index contributed by atoms with van der Waals surface area (Å²) in [7, 11) is 0. The molecule has 0 atom stereocenters. The number of hydrogen-bond acceptors (Lipinski definition) is 2. The molecule has 3 heteroatoms. The predicted octanol–water partition coefficient (Wildman–Crippen LogP) is 8.22. The van der Waals surface area contributed by atoms with Crippen LogP contribution in [0.5, 0.6) is 0 Å². The van der Waals surface area contributed by atoms with Gasteiger partial charge in [0, 0.05) is 11.1 Å². The van der Waals surface area contributed by atoms with Gasteiger partial charge in [-0.2, -0.15) is 0 Å². The number of nitrogens with one attached hydrogen (secondary N) is 1. The quantitative estimate of drug-likeness (QED) is 0.233. The Morgan fingerprint density at radius 2 is 1.17 bits per heavy atom. The molecule has 134 valence electrons. The zero-order valence-electron chi connectivity index (χ0n) is 15.2. The number of thiazole rings is 1. The summed E-state index contributed by atoms with van der Waals surface area (Å²) in [4.78, 5) is 3.26. The van der Waals surface area contributed by atoms with Crippen molar-refractivity contribution in [3.8, 4) is 0 Å². The summed E-state index contributed by atoms with van der Waals surface area (Å²) in [6, 6.07) is 0. The van der Waals surface area contributed by atoms with E-state index in [1.807, 2.05) is 0 Å². The van der Waals surface area contributed by atoms with Crippen LogP contribution >= 0.6 is 23.6 Å². The van der Waals surface area contributed by atoms with Crippen molar-refractivity contribution in [3.05, 3.63) is 15.0 Å². The molecule has 23 heavy (non-hydrogen) atoms. The molecule has 1 rings (SSSR count). The average molecular weight is 356 g/mol. The second-order valence-corrected chi connectivity index (χ2v) is 8.42. The van der Waals surface area contributed by atoms with Gasteiger partial charge in [-0.1, -0.05) is 96.8 Å². The molecule has 0 saturated carbocycles. The highest BCUT2D eigenvalue weighted by Gasteiger charge is 1.96. The Morgan fingerprint density at radius 3 is 1.57 bits per heavy atom. The summed E-state index contributed by atoms with van der Waals surface area (Å²) in [5, 5.41) is 2.17. The van der Waals surface area contributed by atoms with Gasteiger partial charge in [-0.05, 0) is 25.1 Å². The molecule has 1 heterocycles. The molecule has 0 aromatic carbocycles. The van der Waals surface area contributed by atoms with Crippen LogP contribution in [0.15, 0.2) is 5.38 Å². The van der Waals surface area contributed by atoms with E-state index in [2.05, 4.69) is 17.3 Å². The van der Waals surface area contributed by atoms with Crippen molar-refractivity contribution < 1.29 is 0 Å². The van der Waals surface area contributed by atoms with Gasteiger partial charge in [0.05, 0.1) is 0 Å². The van der Waals surface area contributed by atoms with Gasteiger partial charge in [-0.25, -0.2) is 0 Å². The highest BCUT2D eigenvalue weighted by molar-refractivity contribution is 7.73. The third-order valence-electron chi connectivity index (χ3n) is 4.62. The van der Waals surface area contributed by atoms with Crippen molar-refractivity contribution in [3.63, 3.8) is 0 Å². The summed E-state index contributed by atoms with van der Waals surface area (Å²) in [5.41, 5.74) is 1.33. The average Bonchev–Trinajstić information content (AvgIpc) is 2.96. The summed E-state index contributed by atoms with van der Waals surface area (Å²) >= 11 is 6.76. The van der Waals surface area contributed by atoms with Gasteiger partial charge in [0.1, 0.15) is 0 Å². The first-order valence-electron chi connectivity index (χ1n) is 9.99. The third-order valence-corrected chi connectivity index (χ3v) is 5.73. The highest BCUT2D eigenvalue weighted by Crippen LogP contribution is 2.14. The van der Waals surface area contributed by atoms with Crippen molar-refractivity contribution in [1.29, 1.82) is 0 Å². The van der Waals surface area contributed by atoms with E-state index in [0.717, 1.165) is 3.95 Å². The molecule has 0 unspecified atom stereocenters. The topological polar surface area (TPSA) is 15.8 Å². The van der Waals surface area contributed by atoms with Gasteiger partial charge in [-0.15, -0.1) is 11.3 Å². The normalized spacial score (nSPS) is 11.2. The van der Waals surface area contributed by atoms with E-state index in [4.69, 9.17) is 12.2 Å². The Morgan fingerprint density at radius 1 is 0.739 bits per heavy atom. The van der Waals surface area contributed by atoms with Crippen LogP contribution < -0.4 is 0 Å². The van der Waals surface area contributed by atoms with Crippen LogP contribution in [0, 0.1) is 3.95 Å². The zero-order valence-corrected chi connectivity index (χ0v) is 16.8. The van der Waals surface area contributed by atoms with Crippen molar-refractivity contribution in [2.24, 2.45) is 0 Å². The number of aromatic nitrogens is 1. The molecule has 1 aromatic rings. The van der Waals surface area contributed by atoms with Crippen LogP contribution in [0.4, 0.5) is 0 Å². The SMILES string of the molecule is CCCCCCCCCCCCCCCCCc1csc(=S)[nH]1. The molecular weight excluding hydrogens is 318 g/mol. The first kappa shape index (κ1) is 20.9. The van der Waals surface area contributed by atoms with Gasteiger partial charge < -0.3 is 4.98 Å². The summed E-state index contributed by atoms with van der Waals surface area (Å²) in [6.07, 6.45) is 22.6. The number of hydrogen-bond donors (Lipinski definition) is 1. The van der Waals surface area contributed by atoms with E-state index in [1.165, 1.54) is 108 Å². The monoisotopic (exact) mass is 355 g/mol. The molecule has 0 fully saturated rings. The van der Waals surface area contributed by atoms with E-state index < -0.39 is 0 Å². The van der Waals surface area contributed by atoms with Crippen molar-refractivity contribution >= 4 is 23.6 Å². The number of H-pyrrole nitrogens is 1. The summed E-state index contributed by atoms with van der Waals surface area (Å²) < 4.78 is 0.918. The smallest absolute Gasteiger partial charge is 0.158 e. The lowest BCUT2D eigenvalue weighted by molar-refractivity contribution is 0.532. The zero-order chi connectivity index (χ0) is 16.6. The molecule has 1 N–H and O–H groups in total. The van der Waals surface area contributed by atoms with E-state index in [9.17, 15) is 0 Å². The summed E-state index contributed by atoms with van der Waals surface area (Å²) in [6.45, 7) is 2.29. The Hall–Kier alpha value is -0.150. The maximum atomic E-state index is 5.11. The molecule has 0 spiro atoms. The Kier molecular flexibility index (Phi) is 14.0. The van der Waals surface area contributed by atoms with Gasteiger partial charge in [-0.3, -0.25) is 0 Å². The molecular formula is C20H37NS2. The minimum absolute atomic E-state index is 0.918. The molecule has 0 bridgehead atoms. The van der Waals surface area contributed by atoms with Crippen LogP contribution in [0.3, 0.4) is 0 Å². The van der Waals surface area contributed by atoms with E-state index in [1.54, 1.807) is 11.3 Å². The molecule has 0 aliphatic rings. The molecule has 0 aliphatic heterocycles. The molecule has 0 amide bonds. The van der Waals surface area contributed by atoms with Crippen molar-refractivity contribution in [2.75, 3.05) is 0 Å². The summed E-state index contributed by atoms with van der Waals surface area (Å²) in [5.74, 6) is 0. The van der Waals surface area contributed by atoms with Crippen LogP contribution in [0.2, 0.25) is 0 Å². The Bertz CT molecular complexity index is 408. The molecule has 1 aromatic heterocycles. The van der Waals surface area contributed by atoms with Crippen LogP contribution in [-0.4, -0.2) is 4.98 Å². The largest absolute Gasteiger partial charge is 0.341 e. The first-order chi connectivity index (χ1) is 11.3. The maximum absolute atomic E-state index is 5.11. The fourth-order valence-corrected chi connectivity index (χ4v) is 4.01. The minimum Gasteiger partial charge on any atom is -0.341 e. The first-order valence-corrected chi connectivity index (χ1v) is 11.3. The molecule has 0 radical (unpaired) electrons. The highest BCUT2D eigenvalue weighted by atomic mass is 32.1. The van der Waals surface area contributed by atoms with E-state index in [0.29, 0.717) is 0 Å². The maximum Gasteiger partial charge on any atom is 0.158 e. The van der Waals surface area contributed by atoms with Gasteiger partial charge >= 0.3 is 0 Å². The lowest BCUT2D eigenvalue weighted by Crippen LogP contribution is -1.86. The molecule has 0 aliphatic carbocycles. The lowest BCUT2D eigenvalue weighted by atomic mass is 10.0. The van der Waals surface area contributed by atoms with Crippen LogP contribution in [0.25, 0.3) is 0 Å². The van der Waals surface area contributed by atoms with E-state index in [-0.39, 0.29) is 0 Å². The number of aromatic amines is 1. The van der Waals surface area contributed by atoms with Crippen molar-refractivity contribution in [1.82, 2.24) is 4.98 Å². The second kappa shape index (κ2) is 15.4. The van der Waals surface area contributed by atoms with Gasteiger partial charge in [0.2, 0.25) is 0 Å². The molecule has 0 saturated heterocycles. The fraction of sp³-hybridized carbons (Fsp3) is 0.850. The fourth-order valence-electron chi connectivity index (χ4n) is 3.12. The van der Waals surface area contributed by atoms with E-state index >= 15 is 0 Å². The lowest BCUT2D eigenvalue weighted by Gasteiger charge is -2.03. The molecule has 1 nitrogen and oxygen atoms in total. The van der Waals surface area contributed by atoms with Gasteiger partial charge in [0.25, 0.3) is 0 Å². The number of rotatable bonds is 16. The van der Waals surface area contributed by atoms with Crippen LogP contribution in [-0.2, 0) is 6.42 Å². The Labute approximate surface area is 153 Å². The second-order valence-electron chi connectivity index (χ2n) is 6.87. The van der Waals surface area contributed by atoms with Crippen molar-refractivity contribution in [2.45, 2.75) is 110 Å².